The molecule has 7 nitrogen and oxygen atoms in total. The Hall–Kier alpha value is -4.52. The third-order valence-electron chi connectivity index (χ3n) is 6.89. The van der Waals surface area contributed by atoms with E-state index in [1.807, 2.05) is 54.6 Å². The highest BCUT2D eigenvalue weighted by Gasteiger charge is 2.20. The van der Waals surface area contributed by atoms with Gasteiger partial charge in [-0.05, 0) is 96.5 Å². The normalized spacial score (nSPS) is 11.7. The molecule has 4 aromatic rings. The third kappa shape index (κ3) is 6.37. The minimum Gasteiger partial charge on any atom is -0.497 e. The van der Waals surface area contributed by atoms with Gasteiger partial charge in [-0.15, -0.1) is 0 Å². The van der Waals surface area contributed by atoms with Gasteiger partial charge in [0.25, 0.3) is 0 Å². The Morgan fingerprint density at radius 2 is 1.18 bits per heavy atom. The molecule has 1 aliphatic rings. The minimum absolute atomic E-state index is 0.213. The molecule has 0 saturated carbocycles. The van der Waals surface area contributed by atoms with Gasteiger partial charge in [0.05, 0.1) is 28.4 Å². The fraction of sp³-hybridized carbons (Fsp3) is 0.273. The first kappa shape index (κ1) is 27.1. The number of benzene rings is 4. The van der Waals surface area contributed by atoms with Gasteiger partial charge in [-0.25, -0.2) is 0 Å². The predicted octanol–water partition coefficient (Wildman–Crippen LogP) is 6.81. The maximum atomic E-state index is 6.30. The first-order valence-corrected chi connectivity index (χ1v) is 13.2. The quantitative estimate of drug-likeness (QED) is 0.195. The van der Waals surface area contributed by atoms with Crippen molar-refractivity contribution < 1.29 is 33.2 Å². The van der Waals surface area contributed by atoms with Crippen molar-refractivity contribution in [3.63, 3.8) is 0 Å². The number of hydrogen-bond acceptors (Lipinski definition) is 7. The summed E-state index contributed by atoms with van der Waals surface area (Å²) in [5, 5.41) is 0. The van der Waals surface area contributed by atoms with Gasteiger partial charge < -0.3 is 33.2 Å². The van der Waals surface area contributed by atoms with E-state index in [1.54, 1.807) is 28.4 Å². The van der Waals surface area contributed by atoms with Crippen molar-refractivity contribution in [1.82, 2.24) is 0 Å². The van der Waals surface area contributed by atoms with Crippen molar-refractivity contribution in [3.8, 4) is 46.0 Å². The largest absolute Gasteiger partial charge is 0.497 e. The van der Waals surface area contributed by atoms with E-state index < -0.39 is 0 Å². The number of rotatable bonds is 12. The van der Waals surface area contributed by atoms with Gasteiger partial charge in [0.1, 0.15) is 17.2 Å². The van der Waals surface area contributed by atoms with Gasteiger partial charge in [0, 0.05) is 6.07 Å². The average molecular weight is 543 g/mol. The molecule has 1 heterocycles. The number of methoxy groups -OCH3 is 4. The lowest BCUT2D eigenvalue weighted by atomic mass is 10.0. The second-order valence-corrected chi connectivity index (χ2v) is 9.49. The molecule has 5 rings (SSSR count). The van der Waals surface area contributed by atoms with Crippen LogP contribution in [0.5, 0.6) is 46.0 Å². The SMILES string of the molecule is COc1cccc(CCc2cc(OC)cc(Oc3ccc(CCc4cc(OC)c5c(c4)OCO5)cc3OC)c2)c1. The molecule has 0 unspecified atom stereocenters. The Kier molecular flexibility index (Phi) is 8.50. The molecule has 0 radical (unpaired) electrons. The summed E-state index contributed by atoms with van der Waals surface area (Å²) in [7, 11) is 6.63. The fourth-order valence-electron chi connectivity index (χ4n) is 4.76. The topological polar surface area (TPSA) is 64.6 Å². The Morgan fingerprint density at radius 1 is 0.525 bits per heavy atom. The van der Waals surface area contributed by atoms with Crippen molar-refractivity contribution in [2.24, 2.45) is 0 Å². The van der Waals surface area contributed by atoms with Gasteiger partial charge in [-0.2, -0.15) is 0 Å². The van der Waals surface area contributed by atoms with Crippen LogP contribution in [0.25, 0.3) is 0 Å². The zero-order chi connectivity index (χ0) is 27.9. The van der Waals surface area contributed by atoms with Crippen molar-refractivity contribution in [2.45, 2.75) is 25.7 Å². The summed E-state index contributed by atoms with van der Waals surface area (Å²) in [6.07, 6.45) is 3.33. The Morgan fingerprint density at radius 3 is 1.93 bits per heavy atom. The molecular formula is C33H34O7. The minimum atomic E-state index is 0.213. The van der Waals surface area contributed by atoms with Crippen LogP contribution in [-0.4, -0.2) is 35.2 Å². The molecule has 7 heteroatoms. The fourth-order valence-corrected chi connectivity index (χ4v) is 4.76. The highest BCUT2D eigenvalue weighted by Crippen LogP contribution is 2.42. The van der Waals surface area contributed by atoms with E-state index >= 15 is 0 Å². The monoisotopic (exact) mass is 542 g/mol. The average Bonchev–Trinajstić information content (AvgIpc) is 3.48. The molecule has 4 aromatic carbocycles. The molecule has 40 heavy (non-hydrogen) atoms. The summed E-state index contributed by atoms with van der Waals surface area (Å²) >= 11 is 0. The number of fused-ring (bicyclic) bond motifs is 1. The smallest absolute Gasteiger partial charge is 0.231 e. The number of hydrogen-bond donors (Lipinski definition) is 0. The van der Waals surface area contributed by atoms with Crippen LogP contribution < -0.4 is 33.2 Å². The van der Waals surface area contributed by atoms with E-state index in [-0.39, 0.29) is 6.79 Å². The van der Waals surface area contributed by atoms with Crippen LogP contribution in [0.2, 0.25) is 0 Å². The molecule has 0 N–H and O–H groups in total. The van der Waals surface area contributed by atoms with Crippen LogP contribution in [-0.2, 0) is 25.7 Å². The van der Waals surface area contributed by atoms with E-state index in [4.69, 9.17) is 33.2 Å². The Labute approximate surface area is 235 Å². The van der Waals surface area contributed by atoms with Crippen LogP contribution in [0, 0.1) is 0 Å². The molecule has 208 valence electrons. The van der Waals surface area contributed by atoms with Crippen molar-refractivity contribution >= 4 is 0 Å². The summed E-state index contributed by atoms with van der Waals surface area (Å²) in [5.41, 5.74) is 4.57. The van der Waals surface area contributed by atoms with Gasteiger partial charge in [-0.3, -0.25) is 0 Å². The molecule has 0 aromatic heterocycles. The lowest BCUT2D eigenvalue weighted by Crippen LogP contribution is -1.97. The molecular weight excluding hydrogens is 508 g/mol. The lowest BCUT2D eigenvalue weighted by molar-refractivity contribution is 0.171. The zero-order valence-electron chi connectivity index (χ0n) is 23.3. The summed E-state index contributed by atoms with van der Waals surface area (Å²) < 4.78 is 39.5. The highest BCUT2D eigenvalue weighted by atomic mass is 16.7. The maximum absolute atomic E-state index is 6.30. The zero-order valence-corrected chi connectivity index (χ0v) is 23.3. The third-order valence-corrected chi connectivity index (χ3v) is 6.89. The predicted molar refractivity (Wildman–Crippen MR) is 153 cm³/mol. The second-order valence-electron chi connectivity index (χ2n) is 9.49. The molecule has 1 aliphatic heterocycles. The van der Waals surface area contributed by atoms with Crippen LogP contribution >= 0.6 is 0 Å². The van der Waals surface area contributed by atoms with Gasteiger partial charge in [0.2, 0.25) is 12.5 Å². The van der Waals surface area contributed by atoms with Crippen LogP contribution in [0.3, 0.4) is 0 Å². The van der Waals surface area contributed by atoms with E-state index in [1.165, 1.54) is 5.56 Å². The molecule has 0 spiro atoms. The maximum Gasteiger partial charge on any atom is 0.231 e. The highest BCUT2D eigenvalue weighted by molar-refractivity contribution is 5.55. The van der Waals surface area contributed by atoms with Crippen molar-refractivity contribution in [2.75, 3.05) is 35.2 Å². The van der Waals surface area contributed by atoms with Crippen molar-refractivity contribution in [1.29, 1.82) is 0 Å². The lowest BCUT2D eigenvalue weighted by Gasteiger charge is -2.14. The van der Waals surface area contributed by atoms with E-state index in [9.17, 15) is 0 Å². The Bertz CT molecular complexity index is 1460. The molecule has 0 bridgehead atoms. The molecule has 0 saturated heterocycles. The number of ether oxygens (including phenoxy) is 7. The van der Waals surface area contributed by atoms with E-state index in [0.29, 0.717) is 28.7 Å². The van der Waals surface area contributed by atoms with Gasteiger partial charge in [0.15, 0.2) is 23.0 Å². The van der Waals surface area contributed by atoms with Crippen LogP contribution in [0.15, 0.2) is 72.8 Å². The summed E-state index contributed by atoms with van der Waals surface area (Å²) in [6, 6.07) is 24.1. The van der Waals surface area contributed by atoms with E-state index in [0.717, 1.165) is 59.6 Å². The number of aryl methyl sites for hydroxylation is 4. The molecule has 0 atom stereocenters. The van der Waals surface area contributed by atoms with Crippen LogP contribution in [0.1, 0.15) is 22.3 Å². The summed E-state index contributed by atoms with van der Waals surface area (Å²) in [5.74, 6) is 5.67. The molecule has 0 aliphatic carbocycles. The molecule has 0 amide bonds. The Balaban J connectivity index is 1.28. The van der Waals surface area contributed by atoms with Gasteiger partial charge >= 0.3 is 0 Å². The first-order valence-electron chi connectivity index (χ1n) is 13.2. The second kappa shape index (κ2) is 12.6. The standard InChI is InChI=1S/C33H34O7/c1-34-26-7-5-6-22(14-26)8-10-24-15-27(35-2)20-28(16-24)40-29-13-12-23(17-30(29)36-3)9-11-25-18-31(37-4)33-32(19-25)38-21-39-33/h5-7,12-20H,8-11,21H2,1-4H3. The van der Waals surface area contributed by atoms with E-state index in [2.05, 4.69) is 18.2 Å². The molecule has 0 fully saturated rings. The van der Waals surface area contributed by atoms with Crippen LogP contribution in [0.4, 0.5) is 0 Å². The summed E-state index contributed by atoms with van der Waals surface area (Å²) in [6.45, 7) is 0.213. The van der Waals surface area contributed by atoms with Crippen molar-refractivity contribution in [3.05, 3.63) is 95.1 Å². The summed E-state index contributed by atoms with van der Waals surface area (Å²) in [4.78, 5) is 0. The first-order chi connectivity index (χ1) is 19.6. The van der Waals surface area contributed by atoms with Gasteiger partial charge in [-0.1, -0.05) is 18.2 Å².